The SMILES string of the molecule is C[C@H]1C[C@@H](CCBr)CCN1C. The maximum Gasteiger partial charge on any atom is 0.00665 e. The molecule has 0 N–H and O–H groups in total. The molecule has 66 valence electrons. The lowest BCUT2D eigenvalue weighted by Gasteiger charge is -2.34. The number of halogens is 1. The molecule has 2 atom stereocenters. The van der Waals surface area contributed by atoms with Gasteiger partial charge in [-0.3, -0.25) is 0 Å². The van der Waals surface area contributed by atoms with Gasteiger partial charge in [-0.2, -0.15) is 0 Å². The van der Waals surface area contributed by atoms with Crippen molar-refractivity contribution in [3.8, 4) is 0 Å². The van der Waals surface area contributed by atoms with Crippen molar-refractivity contribution in [2.24, 2.45) is 5.92 Å². The number of likely N-dealkylation sites (tertiary alicyclic amines) is 1. The van der Waals surface area contributed by atoms with E-state index in [1.165, 1.54) is 31.1 Å². The predicted octanol–water partition coefficient (Wildman–Crippen LogP) is 2.50. The summed E-state index contributed by atoms with van der Waals surface area (Å²) in [4.78, 5) is 2.46. The van der Waals surface area contributed by atoms with E-state index >= 15 is 0 Å². The van der Waals surface area contributed by atoms with Crippen molar-refractivity contribution in [1.82, 2.24) is 4.90 Å². The van der Waals surface area contributed by atoms with Crippen LogP contribution in [0.2, 0.25) is 0 Å². The molecule has 0 unspecified atom stereocenters. The standard InChI is InChI=1S/C9H18BrN/c1-8-7-9(3-5-10)4-6-11(8)2/h8-9H,3-7H2,1-2H3/t8-,9-/m0/s1. The molecule has 0 saturated carbocycles. The minimum atomic E-state index is 0.799. The highest BCUT2D eigenvalue weighted by Crippen LogP contribution is 2.24. The summed E-state index contributed by atoms with van der Waals surface area (Å²) < 4.78 is 0. The highest BCUT2D eigenvalue weighted by molar-refractivity contribution is 9.09. The zero-order chi connectivity index (χ0) is 8.27. The Hall–Kier alpha value is 0.440. The molecular weight excluding hydrogens is 202 g/mol. The van der Waals surface area contributed by atoms with Crippen molar-refractivity contribution < 1.29 is 0 Å². The van der Waals surface area contributed by atoms with Crippen LogP contribution in [0.3, 0.4) is 0 Å². The van der Waals surface area contributed by atoms with Crippen molar-refractivity contribution in [1.29, 1.82) is 0 Å². The number of hydrogen-bond acceptors (Lipinski definition) is 1. The van der Waals surface area contributed by atoms with Gasteiger partial charge in [0.05, 0.1) is 0 Å². The first kappa shape index (κ1) is 9.53. The molecule has 1 saturated heterocycles. The molecule has 0 aromatic carbocycles. The number of hydrogen-bond donors (Lipinski definition) is 0. The second-order valence-corrected chi connectivity index (χ2v) is 4.49. The summed E-state index contributed by atoms with van der Waals surface area (Å²) in [6.45, 7) is 3.62. The molecule has 0 aromatic heterocycles. The Morgan fingerprint density at radius 3 is 2.82 bits per heavy atom. The topological polar surface area (TPSA) is 3.24 Å². The first-order valence-electron chi connectivity index (χ1n) is 4.50. The smallest absolute Gasteiger partial charge is 0.00665 e. The number of rotatable bonds is 2. The van der Waals surface area contributed by atoms with Crippen LogP contribution in [0.5, 0.6) is 0 Å². The van der Waals surface area contributed by atoms with E-state index in [1.807, 2.05) is 0 Å². The highest BCUT2D eigenvalue weighted by Gasteiger charge is 2.21. The van der Waals surface area contributed by atoms with Crippen molar-refractivity contribution in [3.63, 3.8) is 0 Å². The molecule has 2 heteroatoms. The minimum Gasteiger partial charge on any atom is -0.304 e. The summed E-state index contributed by atoms with van der Waals surface area (Å²) >= 11 is 3.51. The Bertz CT molecular complexity index is 116. The molecule has 1 fully saturated rings. The van der Waals surface area contributed by atoms with Gasteiger partial charge in [-0.15, -0.1) is 0 Å². The monoisotopic (exact) mass is 219 g/mol. The zero-order valence-corrected chi connectivity index (χ0v) is 9.10. The molecule has 1 rings (SSSR count). The summed E-state index contributed by atoms with van der Waals surface area (Å²) in [6, 6.07) is 0.799. The molecular formula is C9H18BrN. The van der Waals surface area contributed by atoms with E-state index in [0.717, 1.165) is 12.0 Å². The van der Waals surface area contributed by atoms with Gasteiger partial charge in [0.15, 0.2) is 0 Å². The van der Waals surface area contributed by atoms with Gasteiger partial charge in [-0.1, -0.05) is 15.9 Å². The Balaban J connectivity index is 2.28. The quantitative estimate of drug-likeness (QED) is 0.646. The van der Waals surface area contributed by atoms with Gasteiger partial charge in [0.1, 0.15) is 0 Å². The van der Waals surface area contributed by atoms with Crippen molar-refractivity contribution in [2.45, 2.75) is 32.2 Å². The molecule has 0 spiro atoms. The van der Waals surface area contributed by atoms with Gasteiger partial charge in [0.25, 0.3) is 0 Å². The van der Waals surface area contributed by atoms with E-state index in [2.05, 4.69) is 34.8 Å². The van der Waals surface area contributed by atoms with Crippen LogP contribution in [0.25, 0.3) is 0 Å². The van der Waals surface area contributed by atoms with Crippen LogP contribution in [-0.2, 0) is 0 Å². The lowest BCUT2D eigenvalue weighted by Crippen LogP contribution is -2.37. The third-order valence-corrected chi connectivity index (χ3v) is 3.29. The summed E-state index contributed by atoms with van der Waals surface area (Å²) in [5, 5.41) is 1.17. The predicted molar refractivity (Wildman–Crippen MR) is 53.2 cm³/mol. The van der Waals surface area contributed by atoms with E-state index in [-0.39, 0.29) is 0 Å². The molecule has 1 aliphatic heterocycles. The Morgan fingerprint density at radius 1 is 1.55 bits per heavy atom. The molecule has 11 heavy (non-hydrogen) atoms. The van der Waals surface area contributed by atoms with E-state index in [1.54, 1.807) is 0 Å². The largest absolute Gasteiger partial charge is 0.304 e. The van der Waals surface area contributed by atoms with E-state index < -0.39 is 0 Å². The zero-order valence-electron chi connectivity index (χ0n) is 7.52. The average molecular weight is 220 g/mol. The molecule has 1 nitrogen and oxygen atoms in total. The normalized spacial score (nSPS) is 34.1. The summed E-state index contributed by atoms with van der Waals surface area (Å²) in [6.07, 6.45) is 4.15. The third kappa shape index (κ3) is 2.75. The summed E-state index contributed by atoms with van der Waals surface area (Å²) in [5.41, 5.74) is 0. The van der Waals surface area contributed by atoms with Gasteiger partial charge in [-0.05, 0) is 45.7 Å². The number of piperidine rings is 1. The maximum atomic E-state index is 3.51. The second kappa shape index (κ2) is 4.46. The van der Waals surface area contributed by atoms with Gasteiger partial charge in [0.2, 0.25) is 0 Å². The highest BCUT2D eigenvalue weighted by atomic mass is 79.9. The second-order valence-electron chi connectivity index (χ2n) is 3.70. The summed E-state index contributed by atoms with van der Waals surface area (Å²) in [7, 11) is 2.23. The van der Waals surface area contributed by atoms with Crippen LogP contribution < -0.4 is 0 Å². The van der Waals surface area contributed by atoms with Crippen LogP contribution in [-0.4, -0.2) is 29.9 Å². The molecule has 0 bridgehead atoms. The lowest BCUT2D eigenvalue weighted by molar-refractivity contribution is 0.152. The third-order valence-electron chi connectivity index (χ3n) is 2.83. The Kier molecular flexibility index (Phi) is 3.86. The first-order valence-corrected chi connectivity index (χ1v) is 5.62. The Morgan fingerprint density at radius 2 is 2.27 bits per heavy atom. The Labute approximate surface area is 78.3 Å². The summed E-state index contributed by atoms with van der Waals surface area (Å²) in [5.74, 6) is 0.973. The fourth-order valence-corrected chi connectivity index (χ4v) is 2.45. The fourth-order valence-electron chi connectivity index (χ4n) is 1.80. The van der Waals surface area contributed by atoms with Crippen LogP contribution in [0.1, 0.15) is 26.2 Å². The molecule has 0 aromatic rings. The van der Waals surface area contributed by atoms with E-state index in [9.17, 15) is 0 Å². The van der Waals surface area contributed by atoms with Crippen LogP contribution in [0, 0.1) is 5.92 Å². The molecule has 1 aliphatic rings. The van der Waals surface area contributed by atoms with E-state index in [4.69, 9.17) is 0 Å². The average Bonchev–Trinajstić information content (AvgIpc) is 1.98. The minimum absolute atomic E-state index is 0.799. The van der Waals surface area contributed by atoms with Gasteiger partial charge in [-0.25, -0.2) is 0 Å². The van der Waals surface area contributed by atoms with Gasteiger partial charge < -0.3 is 4.90 Å². The van der Waals surface area contributed by atoms with Crippen molar-refractivity contribution in [3.05, 3.63) is 0 Å². The number of alkyl halides is 1. The molecule has 0 amide bonds. The van der Waals surface area contributed by atoms with Gasteiger partial charge >= 0.3 is 0 Å². The van der Waals surface area contributed by atoms with Gasteiger partial charge in [0, 0.05) is 11.4 Å². The van der Waals surface area contributed by atoms with Crippen LogP contribution in [0.4, 0.5) is 0 Å². The van der Waals surface area contributed by atoms with Crippen molar-refractivity contribution >= 4 is 15.9 Å². The van der Waals surface area contributed by atoms with Crippen LogP contribution in [0.15, 0.2) is 0 Å². The van der Waals surface area contributed by atoms with E-state index in [0.29, 0.717) is 0 Å². The van der Waals surface area contributed by atoms with Crippen molar-refractivity contribution in [2.75, 3.05) is 18.9 Å². The molecule has 1 heterocycles. The first-order chi connectivity index (χ1) is 5.24. The maximum absolute atomic E-state index is 3.51. The molecule has 0 aliphatic carbocycles. The molecule has 0 radical (unpaired) electrons. The fraction of sp³-hybridized carbons (Fsp3) is 1.00. The lowest BCUT2D eigenvalue weighted by atomic mass is 9.90. The number of nitrogens with zero attached hydrogens (tertiary/aromatic N) is 1. The van der Waals surface area contributed by atoms with Crippen LogP contribution >= 0.6 is 15.9 Å².